The Bertz CT molecular complexity index is 412. The van der Waals surface area contributed by atoms with E-state index in [2.05, 4.69) is 58.6 Å². The van der Waals surface area contributed by atoms with Crippen LogP contribution in [0.3, 0.4) is 0 Å². The van der Waals surface area contributed by atoms with Gasteiger partial charge >= 0.3 is 0 Å². The van der Waals surface area contributed by atoms with E-state index in [1.165, 1.54) is 0 Å². The second-order valence-electron chi connectivity index (χ2n) is 6.51. The minimum Gasteiger partial charge on any atom is -0.394 e. The Kier molecular flexibility index (Phi) is 3.99. The summed E-state index contributed by atoms with van der Waals surface area (Å²) in [5.41, 5.74) is 8.10. The van der Waals surface area contributed by atoms with E-state index in [0.717, 1.165) is 17.2 Å². The average Bonchev–Trinajstić information content (AvgIpc) is 2.52. The molecule has 0 aliphatic rings. The van der Waals surface area contributed by atoms with Gasteiger partial charge in [0.25, 0.3) is 0 Å². The third-order valence-electron chi connectivity index (χ3n) is 3.76. The average molecular weight is 252 g/mol. The van der Waals surface area contributed by atoms with E-state index in [1.807, 2.05) is 11.6 Å². The molecule has 1 unspecified atom stereocenters. The number of nitrogens with zero attached hydrogens (tertiary/aromatic N) is 3. The standard InChI is InChI=1S/C14H28N4/c1-9(2)18-13(12(15)10(3)16-18)17(8)11(4)14(5,6)7/h9,11H,15H2,1-8H3. The number of aromatic nitrogens is 2. The fraction of sp³-hybridized carbons (Fsp3) is 0.786. The number of hydrogen-bond donors (Lipinski definition) is 1. The van der Waals surface area contributed by atoms with Gasteiger partial charge in [0.05, 0.1) is 11.4 Å². The van der Waals surface area contributed by atoms with Crippen LogP contribution in [0.25, 0.3) is 0 Å². The monoisotopic (exact) mass is 252 g/mol. The molecule has 1 rings (SSSR count). The fourth-order valence-electron chi connectivity index (χ4n) is 2.02. The molecule has 0 aromatic carbocycles. The van der Waals surface area contributed by atoms with Crippen LogP contribution in [0.2, 0.25) is 0 Å². The van der Waals surface area contributed by atoms with Gasteiger partial charge in [-0.1, -0.05) is 20.8 Å². The van der Waals surface area contributed by atoms with Crippen LogP contribution >= 0.6 is 0 Å². The van der Waals surface area contributed by atoms with Gasteiger partial charge in [-0.25, -0.2) is 4.68 Å². The molecule has 0 radical (unpaired) electrons. The van der Waals surface area contributed by atoms with Crippen LogP contribution in [0, 0.1) is 12.3 Å². The minimum absolute atomic E-state index is 0.196. The van der Waals surface area contributed by atoms with Crippen molar-refractivity contribution in [2.45, 2.75) is 60.5 Å². The molecule has 1 aromatic heterocycles. The molecule has 0 bridgehead atoms. The third kappa shape index (κ3) is 2.62. The van der Waals surface area contributed by atoms with Gasteiger partial charge in [-0.05, 0) is 33.1 Å². The van der Waals surface area contributed by atoms with Gasteiger partial charge in [-0.3, -0.25) is 0 Å². The van der Waals surface area contributed by atoms with Crippen molar-refractivity contribution in [2.24, 2.45) is 5.41 Å². The van der Waals surface area contributed by atoms with E-state index in [4.69, 9.17) is 5.73 Å². The molecule has 0 fully saturated rings. The predicted molar refractivity (Wildman–Crippen MR) is 79.1 cm³/mol. The van der Waals surface area contributed by atoms with E-state index >= 15 is 0 Å². The molecule has 0 aliphatic carbocycles. The molecule has 0 aliphatic heterocycles. The fourth-order valence-corrected chi connectivity index (χ4v) is 2.02. The van der Waals surface area contributed by atoms with Crippen molar-refractivity contribution in [3.63, 3.8) is 0 Å². The van der Waals surface area contributed by atoms with Crippen molar-refractivity contribution in [2.75, 3.05) is 17.7 Å². The van der Waals surface area contributed by atoms with Crippen molar-refractivity contribution < 1.29 is 0 Å². The van der Waals surface area contributed by atoms with Crippen molar-refractivity contribution in [1.82, 2.24) is 9.78 Å². The molecule has 0 saturated carbocycles. The van der Waals surface area contributed by atoms with E-state index < -0.39 is 0 Å². The molecule has 1 atom stereocenters. The van der Waals surface area contributed by atoms with Crippen LogP contribution in [0.5, 0.6) is 0 Å². The molecule has 18 heavy (non-hydrogen) atoms. The maximum Gasteiger partial charge on any atom is 0.150 e. The highest BCUT2D eigenvalue weighted by Gasteiger charge is 2.28. The molecule has 104 valence electrons. The lowest BCUT2D eigenvalue weighted by Gasteiger charge is -2.37. The molecule has 0 spiro atoms. The van der Waals surface area contributed by atoms with Gasteiger partial charge in [0.2, 0.25) is 0 Å². The Hall–Kier alpha value is -1.19. The molecule has 0 saturated heterocycles. The van der Waals surface area contributed by atoms with Crippen LogP contribution in [-0.2, 0) is 0 Å². The summed E-state index contributed by atoms with van der Waals surface area (Å²) in [5, 5.41) is 4.55. The van der Waals surface area contributed by atoms with E-state index in [-0.39, 0.29) is 5.41 Å². The van der Waals surface area contributed by atoms with Crippen molar-refractivity contribution in [1.29, 1.82) is 0 Å². The summed E-state index contributed by atoms with van der Waals surface area (Å²) in [5.74, 6) is 1.03. The van der Waals surface area contributed by atoms with Gasteiger partial charge in [-0.15, -0.1) is 0 Å². The number of nitrogen functional groups attached to an aromatic ring is 1. The molecule has 4 nitrogen and oxygen atoms in total. The molecular weight excluding hydrogens is 224 g/mol. The lowest BCUT2D eigenvalue weighted by molar-refractivity contribution is 0.325. The Balaban J connectivity index is 3.24. The zero-order chi connectivity index (χ0) is 14.2. The van der Waals surface area contributed by atoms with Gasteiger partial charge in [-0.2, -0.15) is 5.10 Å². The first-order chi connectivity index (χ1) is 8.07. The van der Waals surface area contributed by atoms with Crippen LogP contribution in [0.1, 0.15) is 53.3 Å². The zero-order valence-corrected chi connectivity index (χ0v) is 13.1. The molecule has 0 amide bonds. The summed E-state index contributed by atoms with van der Waals surface area (Å²) < 4.78 is 2.02. The quantitative estimate of drug-likeness (QED) is 0.898. The number of nitrogens with two attached hydrogens (primary N) is 1. The minimum atomic E-state index is 0.196. The summed E-state index contributed by atoms with van der Waals surface area (Å²) in [4.78, 5) is 2.25. The van der Waals surface area contributed by atoms with Gasteiger partial charge in [0, 0.05) is 19.1 Å². The lowest BCUT2D eigenvalue weighted by Crippen LogP contribution is -2.40. The highest BCUT2D eigenvalue weighted by molar-refractivity contribution is 5.66. The summed E-state index contributed by atoms with van der Waals surface area (Å²) in [6, 6.07) is 0.694. The first kappa shape index (κ1) is 14.9. The number of anilines is 2. The predicted octanol–water partition coefficient (Wildman–Crippen LogP) is 3.23. The summed E-state index contributed by atoms with van der Waals surface area (Å²) in [7, 11) is 2.10. The first-order valence-corrected chi connectivity index (χ1v) is 6.64. The topological polar surface area (TPSA) is 47.1 Å². The number of aryl methyl sites for hydroxylation is 1. The largest absolute Gasteiger partial charge is 0.394 e. The SMILES string of the molecule is Cc1nn(C(C)C)c(N(C)C(C)C(C)(C)C)c1N. The molecule has 1 heterocycles. The normalized spacial score (nSPS) is 14.1. The third-order valence-corrected chi connectivity index (χ3v) is 3.76. The summed E-state index contributed by atoms with van der Waals surface area (Å²) in [6.07, 6.45) is 0. The second kappa shape index (κ2) is 4.82. The van der Waals surface area contributed by atoms with Crippen LogP contribution in [0.15, 0.2) is 0 Å². The zero-order valence-electron chi connectivity index (χ0n) is 13.1. The molecule has 2 N–H and O–H groups in total. The Morgan fingerprint density at radius 3 is 2.11 bits per heavy atom. The molecular formula is C14H28N4. The summed E-state index contributed by atoms with van der Waals surface area (Å²) >= 11 is 0. The van der Waals surface area contributed by atoms with Crippen molar-refractivity contribution in [3.05, 3.63) is 5.69 Å². The molecule has 1 aromatic rings. The second-order valence-corrected chi connectivity index (χ2v) is 6.51. The first-order valence-electron chi connectivity index (χ1n) is 6.64. The highest BCUT2D eigenvalue weighted by Crippen LogP contribution is 2.33. The lowest BCUT2D eigenvalue weighted by atomic mass is 9.87. The number of rotatable bonds is 3. The summed E-state index contributed by atoms with van der Waals surface area (Å²) in [6.45, 7) is 15.2. The Morgan fingerprint density at radius 2 is 1.72 bits per heavy atom. The van der Waals surface area contributed by atoms with E-state index in [9.17, 15) is 0 Å². The van der Waals surface area contributed by atoms with Crippen LogP contribution in [0.4, 0.5) is 11.5 Å². The smallest absolute Gasteiger partial charge is 0.150 e. The highest BCUT2D eigenvalue weighted by atomic mass is 15.4. The van der Waals surface area contributed by atoms with E-state index in [1.54, 1.807) is 0 Å². The maximum atomic E-state index is 6.20. The van der Waals surface area contributed by atoms with Gasteiger partial charge < -0.3 is 10.6 Å². The Labute approximate surface area is 111 Å². The number of hydrogen-bond acceptors (Lipinski definition) is 3. The van der Waals surface area contributed by atoms with Crippen LogP contribution in [-0.4, -0.2) is 22.9 Å². The van der Waals surface area contributed by atoms with Gasteiger partial charge in [0.1, 0.15) is 0 Å². The van der Waals surface area contributed by atoms with Crippen molar-refractivity contribution in [3.8, 4) is 0 Å². The Morgan fingerprint density at radius 1 is 1.22 bits per heavy atom. The van der Waals surface area contributed by atoms with Crippen LogP contribution < -0.4 is 10.6 Å². The molecule has 4 heteroatoms. The van der Waals surface area contributed by atoms with Gasteiger partial charge in [0.15, 0.2) is 5.82 Å². The van der Waals surface area contributed by atoms with Crippen molar-refractivity contribution >= 4 is 11.5 Å². The van der Waals surface area contributed by atoms with E-state index in [0.29, 0.717) is 12.1 Å². The maximum absolute atomic E-state index is 6.20.